The topological polar surface area (TPSA) is 75.7 Å². The van der Waals surface area contributed by atoms with Crippen LogP contribution >= 0.6 is 23.1 Å². The Morgan fingerprint density at radius 3 is 2.75 bits per heavy atom. The number of thioether (sulfide) groups is 1. The first kappa shape index (κ1) is 17.3. The fraction of sp³-hybridized carbons (Fsp3) is 0.562. The summed E-state index contributed by atoms with van der Waals surface area (Å²) < 4.78 is 4.83. The number of anilines is 1. The third-order valence-electron chi connectivity index (χ3n) is 4.76. The van der Waals surface area contributed by atoms with Crippen LogP contribution in [0.2, 0.25) is 0 Å². The summed E-state index contributed by atoms with van der Waals surface area (Å²) in [6.07, 6.45) is 1.25. The molecule has 2 fully saturated rings. The van der Waals surface area contributed by atoms with Crippen molar-refractivity contribution in [2.24, 2.45) is 0 Å². The van der Waals surface area contributed by atoms with E-state index in [0.717, 1.165) is 16.9 Å². The second-order valence-electron chi connectivity index (χ2n) is 6.23. The molecule has 0 bridgehead atoms. The number of thiophene rings is 1. The fourth-order valence-electron chi connectivity index (χ4n) is 3.27. The predicted octanol–water partition coefficient (Wildman–Crippen LogP) is 2.54. The molecule has 0 aliphatic carbocycles. The number of hydrogen-bond acceptors (Lipinski definition) is 6. The number of methoxy groups -OCH3 is 1. The molecule has 2 amide bonds. The zero-order valence-electron chi connectivity index (χ0n) is 14.1. The highest BCUT2D eigenvalue weighted by molar-refractivity contribution is 8.01. The lowest BCUT2D eigenvalue weighted by Crippen LogP contribution is -2.48. The molecular weight excluding hydrogens is 348 g/mol. The van der Waals surface area contributed by atoms with Crippen LogP contribution in [0, 0.1) is 13.8 Å². The molecule has 3 heterocycles. The van der Waals surface area contributed by atoms with Crippen molar-refractivity contribution in [3.05, 3.63) is 16.0 Å². The van der Waals surface area contributed by atoms with Crippen LogP contribution in [0.4, 0.5) is 5.00 Å². The van der Waals surface area contributed by atoms with Crippen LogP contribution in [0.1, 0.15) is 40.6 Å². The summed E-state index contributed by atoms with van der Waals surface area (Å²) >= 11 is 3.00. The smallest absolute Gasteiger partial charge is 0.341 e. The number of rotatable bonds is 3. The summed E-state index contributed by atoms with van der Waals surface area (Å²) in [5, 5.41) is 3.34. The van der Waals surface area contributed by atoms with Crippen molar-refractivity contribution < 1.29 is 19.1 Å². The van der Waals surface area contributed by atoms with E-state index in [9.17, 15) is 14.4 Å². The van der Waals surface area contributed by atoms with Gasteiger partial charge in [-0.1, -0.05) is 0 Å². The van der Waals surface area contributed by atoms with E-state index in [2.05, 4.69) is 5.32 Å². The SMILES string of the molecule is COC(=O)c1c(NC(=O)[C@@H]2CS[C@]3(C)CCC(=O)N23)sc(C)c1C. The van der Waals surface area contributed by atoms with Crippen molar-refractivity contribution in [1.82, 2.24) is 4.90 Å². The number of nitrogens with one attached hydrogen (secondary N) is 1. The summed E-state index contributed by atoms with van der Waals surface area (Å²) in [7, 11) is 1.32. The highest BCUT2D eigenvalue weighted by Crippen LogP contribution is 2.47. The second kappa shape index (κ2) is 6.07. The number of hydrogen-bond donors (Lipinski definition) is 1. The minimum Gasteiger partial charge on any atom is -0.465 e. The average Bonchev–Trinajstić information content (AvgIpc) is 3.12. The molecule has 0 spiro atoms. The third kappa shape index (κ3) is 2.61. The van der Waals surface area contributed by atoms with Crippen LogP contribution in [0.3, 0.4) is 0 Å². The van der Waals surface area contributed by atoms with Crippen molar-refractivity contribution in [2.45, 2.75) is 44.5 Å². The van der Waals surface area contributed by atoms with Gasteiger partial charge in [0.15, 0.2) is 0 Å². The van der Waals surface area contributed by atoms with Crippen LogP contribution in [0.5, 0.6) is 0 Å². The standard InChI is InChI=1S/C16H20N2O4S2/c1-8-9(2)24-14(12(8)15(21)22-4)17-13(20)10-7-23-16(3)6-5-11(19)18(10)16/h10H,5-7H2,1-4H3,(H,17,20)/t10-,16+/m0/s1. The molecule has 0 aromatic carbocycles. The molecule has 1 aromatic heterocycles. The lowest BCUT2D eigenvalue weighted by atomic mass is 10.1. The van der Waals surface area contributed by atoms with Gasteiger partial charge in [0.2, 0.25) is 11.8 Å². The van der Waals surface area contributed by atoms with Crippen LogP contribution in [0.15, 0.2) is 0 Å². The molecule has 2 aliphatic rings. The third-order valence-corrected chi connectivity index (χ3v) is 7.39. The number of aryl methyl sites for hydroxylation is 1. The Labute approximate surface area is 148 Å². The van der Waals surface area contributed by atoms with E-state index in [1.54, 1.807) is 16.7 Å². The Hall–Kier alpha value is -1.54. The molecule has 2 aliphatic heterocycles. The molecule has 0 saturated carbocycles. The number of carbonyl (C=O) groups is 3. The zero-order valence-corrected chi connectivity index (χ0v) is 15.7. The minimum absolute atomic E-state index is 0.0226. The molecular formula is C16H20N2O4S2. The lowest BCUT2D eigenvalue weighted by molar-refractivity contribution is -0.135. The largest absolute Gasteiger partial charge is 0.465 e. The van der Waals surface area contributed by atoms with Crippen molar-refractivity contribution >= 4 is 45.9 Å². The van der Waals surface area contributed by atoms with E-state index < -0.39 is 12.0 Å². The van der Waals surface area contributed by atoms with Gasteiger partial charge < -0.3 is 15.0 Å². The molecule has 1 N–H and O–H groups in total. The van der Waals surface area contributed by atoms with Crippen LogP contribution in [-0.2, 0) is 14.3 Å². The Morgan fingerprint density at radius 2 is 2.08 bits per heavy atom. The van der Waals surface area contributed by atoms with Crippen molar-refractivity contribution in [2.75, 3.05) is 18.2 Å². The maximum Gasteiger partial charge on any atom is 0.341 e. The van der Waals surface area contributed by atoms with E-state index >= 15 is 0 Å². The van der Waals surface area contributed by atoms with Crippen LogP contribution in [-0.4, -0.2) is 46.5 Å². The van der Waals surface area contributed by atoms with Gasteiger partial charge in [0.25, 0.3) is 0 Å². The van der Waals surface area contributed by atoms with Crippen LogP contribution < -0.4 is 5.32 Å². The molecule has 0 radical (unpaired) electrons. The maximum absolute atomic E-state index is 12.8. The molecule has 2 saturated heterocycles. The Kier molecular flexibility index (Phi) is 4.37. The highest BCUT2D eigenvalue weighted by atomic mass is 32.2. The summed E-state index contributed by atoms with van der Waals surface area (Å²) in [5.41, 5.74) is 1.21. The monoisotopic (exact) mass is 368 g/mol. The van der Waals surface area contributed by atoms with Crippen LogP contribution in [0.25, 0.3) is 0 Å². The van der Waals surface area contributed by atoms with Gasteiger partial charge in [-0.25, -0.2) is 4.79 Å². The lowest BCUT2D eigenvalue weighted by Gasteiger charge is -2.29. The Morgan fingerprint density at radius 1 is 1.38 bits per heavy atom. The summed E-state index contributed by atoms with van der Waals surface area (Å²) in [6.45, 7) is 5.74. The number of esters is 1. The van der Waals surface area contributed by atoms with E-state index in [-0.39, 0.29) is 16.7 Å². The number of amides is 2. The molecule has 1 aromatic rings. The zero-order chi connectivity index (χ0) is 17.6. The Bertz CT molecular complexity index is 730. The molecule has 130 valence electrons. The molecule has 8 heteroatoms. The fourth-order valence-corrected chi connectivity index (χ4v) is 5.76. The van der Waals surface area contributed by atoms with E-state index in [4.69, 9.17) is 4.74 Å². The first-order valence-electron chi connectivity index (χ1n) is 7.74. The summed E-state index contributed by atoms with van der Waals surface area (Å²) in [4.78, 5) is 39.3. The molecule has 6 nitrogen and oxygen atoms in total. The van der Waals surface area contributed by atoms with Crippen molar-refractivity contribution in [3.63, 3.8) is 0 Å². The highest BCUT2D eigenvalue weighted by Gasteiger charge is 2.53. The van der Waals surface area contributed by atoms with Crippen molar-refractivity contribution in [3.8, 4) is 0 Å². The van der Waals surface area contributed by atoms with Gasteiger partial charge in [-0.2, -0.15) is 0 Å². The molecule has 24 heavy (non-hydrogen) atoms. The number of fused-ring (bicyclic) bond motifs is 1. The first-order valence-corrected chi connectivity index (χ1v) is 9.54. The van der Waals surface area contributed by atoms with Gasteiger partial charge >= 0.3 is 5.97 Å². The van der Waals surface area contributed by atoms with E-state index in [0.29, 0.717) is 22.7 Å². The van der Waals surface area contributed by atoms with E-state index in [1.807, 2.05) is 20.8 Å². The molecule has 3 rings (SSSR count). The van der Waals surface area contributed by atoms with Gasteiger partial charge in [0.05, 0.1) is 17.5 Å². The van der Waals surface area contributed by atoms with Crippen molar-refractivity contribution in [1.29, 1.82) is 0 Å². The molecule has 0 unspecified atom stereocenters. The molecule has 2 atom stereocenters. The Balaban J connectivity index is 1.85. The first-order chi connectivity index (χ1) is 11.3. The summed E-state index contributed by atoms with van der Waals surface area (Å²) in [5.74, 6) is -0.109. The second-order valence-corrected chi connectivity index (χ2v) is 8.96. The number of carbonyl (C=O) groups excluding carboxylic acids is 3. The minimum atomic E-state index is -0.497. The van der Waals surface area contributed by atoms with Gasteiger partial charge in [-0.15, -0.1) is 23.1 Å². The number of ether oxygens (including phenoxy) is 1. The maximum atomic E-state index is 12.8. The normalized spacial score (nSPS) is 25.8. The average molecular weight is 368 g/mol. The van der Waals surface area contributed by atoms with Gasteiger partial charge in [-0.3, -0.25) is 9.59 Å². The quantitative estimate of drug-likeness (QED) is 0.830. The van der Waals surface area contributed by atoms with Gasteiger partial charge in [0, 0.05) is 17.1 Å². The van der Waals surface area contributed by atoms with Gasteiger partial charge in [-0.05, 0) is 32.8 Å². The number of nitrogens with zero attached hydrogens (tertiary/aromatic N) is 1. The predicted molar refractivity (Wildman–Crippen MR) is 94.5 cm³/mol. The summed E-state index contributed by atoms with van der Waals surface area (Å²) in [6, 6.07) is -0.497. The van der Waals surface area contributed by atoms with Gasteiger partial charge in [0.1, 0.15) is 11.0 Å². The van der Waals surface area contributed by atoms with E-state index in [1.165, 1.54) is 18.4 Å².